The lowest BCUT2D eigenvalue weighted by Gasteiger charge is -2.27. The number of aromatic hydroxyl groups is 1. The quantitative estimate of drug-likeness (QED) is 0.411. The van der Waals surface area contributed by atoms with E-state index in [-0.39, 0.29) is 11.4 Å². The van der Waals surface area contributed by atoms with Gasteiger partial charge in [0.15, 0.2) is 0 Å². The van der Waals surface area contributed by atoms with Crippen LogP contribution in [0.4, 0.5) is 5.69 Å². The maximum absolute atomic E-state index is 12.3. The number of hydrogen-bond acceptors (Lipinski definition) is 5. The number of benzene rings is 2. The van der Waals surface area contributed by atoms with Crippen molar-refractivity contribution in [3.8, 4) is 33.7 Å². The summed E-state index contributed by atoms with van der Waals surface area (Å²) in [4.78, 5) is 23.4. The second-order valence-corrected chi connectivity index (χ2v) is 9.39. The van der Waals surface area contributed by atoms with E-state index in [1.807, 2.05) is 19.2 Å². The van der Waals surface area contributed by atoms with E-state index in [2.05, 4.69) is 14.9 Å². The Balaban J connectivity index is 1.55. The highest BCUT2D eigenvalue weighted by Gasteiger charge is 2.18. The number of halogens is 2. The van der Waals surface area contributed by atoms with Crippen LogP contribution in [0.2, 0.25) is 10.0 Å². The molecule has 0 bridgehead atoms. The van der Waals surface area contributed by atoms with Crippen LogP contribution in [-0.4, -0.2) is 44.6 Å². The standard InChI is InChI=1S/C26H23Cl2N5O2/c1-16-15-32(6-5-30-16)20-9-18(13-29-14-20)22-12-19(27)11-21(25(22)34)17-3-4-24(23(28)10-17)33-8-7-31(2)26(33)35/h3-4,7-14,34H,5-6,15H2,1-2H3. The van der Waals surface area contributed by atoms with Crippen molar-refractivity contribution in [1.82, 2.24) is 14.1 Å². The Morgan fingerprint density at radius 2 is 1.77 bits per heavy atom. The second-order valence-electron chi connectivity index (χ2n) is 8.55. The van der Waals surface area contributed by atoms with Crippen molar-refractivity contribution < 1.29 is 5.11 Å². The van der Waals surface area contributed by atoms with Crippen LogP contribution in [0.15, 0.2) is 71.0 Å². The summed E-state index contributed by atoms with van der Waals surface area (Å²) in [5.74, 6) is 0.0745. The zero-order valence-electron chi connectivity index (χ0n) is 19.2. The zero-order chi connectivity index (χ0) is 24.7. The Bertz CT molecular complexity index is 1520. The Kier molecular flexibility index (Phi) is 6.13. The molecule has 0 spiro atoms. The lowest BCUT2D eigenvalue weighted by molar-refractivity contribution is 0.479. The molecule has 2 aromatic carbocycles. The van der Waals surface area contributed by atoms with E-state index < -0.39 is 0 Å². The molecule has 0 fully saturated rings. The maximum atomic E-state index is 12.3. The highest BCUT2D eigenvalue weighted by atomic mass is 35.5. The molecule has 1 aliphatic rings. The molecule has 1 aliphatic heterocycles. The van der Waals surface area contributed by atoms with Crippen LogP contribution in [0.5, 0.6) is 5.75 Å². The number of phenolic OH excluding ortho intramolecular Hbond substituents is 1. The van der Waals surface area contributed by atoms with Gasteiger partial charge in [-0.3, -0.25) is 14.5 Å². The van der Waals surface area contributed by atoms with Crippen molar-refractivity contribution >= 4 is 34.6 Å². The first-order chi connectivity index (χ1) is 16.8. The van der Waals surface area contributed by atoms with Crippen molar-refractivity contribution in [3.05, 3.63) is 81.7 Å². The Hall–Kier alpha value is -3.55. The second kappa shape index (κ2) is 9.24. The SMILES string of the molecule is CC1=NCCN(c2cncc(-c3cc(Cl)cc(-c4ccc(-n5ccn(C)c5=O)c(Cl)c4)c3O)c2)C1. The molecule has 9 heteroatoms. The van der Waals surface area contributed by atoms with Gasteiger partial charge in [-0.05, 0) is 42.8 Å². The number of aliphatic imine (C=N–C) groups is 1. The number of hydrogen-bond donors (Lipinski definition) is 1. The molecule has 0 aliphatic carbocycles. The molecule has 4 aromatic rings. The van der Waals surface area contributed by atoms with Crippen LogP contribution >= 0.6 is 23.2 Å². The monoisotopic (exact) mass is 507 g/mol. The smallest absolute Gasteiger partial charge is 0.332 e. The predicted molar refractivity (Wildman–Crippen MR) is 142 cm³/mol. The van der Waals surface area contributed by atoms with Gasteiger partial charge in [0.2, 0.25) is 0 Å². The first-order valence-corrected chi connectivity index (χ1v) is 11.8. The third kappa shape index (κ3) is 4.45. The average molecular weight is 508 g/mol. The number of imidazole rings is 1. The van der Waals surface area contributed by atoms with Crippen LogP contribution < -0.4 is 10.6 Å². The summed E-state index contributed by atoms with van der Waals surface area (Å²) in [5.41, 5.74) is 4.93. The molecule has 3 heterocycles. The van der Waals surface area contributed by atoms with E-state index in [1.165, 1.54) is 9.13 Å². The lowest BCUT2D eigenvalue weighted by atomic mass is 9.97. The number of pyridine rings is 1. The van der Waals surface area contributed by atoms with Crippen molar-refractivity contribution in [1.29, 1.82) is 0 Å². The summed E-state index contributed by atoms with van der Waals surface area (Å²) in [5, 5.41) is 12.1. The predicted octanol–water partition coefficient (Wildman–Crippen LogP) is 5.20. The number of anilines is 1. The van der Waals surface area contributed by atoms with Gasteiger partial charge in [0, 0.05) is 59.6 Å². The highest BCUT2D eigenvalue weighted by Crippen LogP contribution is 2.42. The first kappa shape index (κ1) is 23.2. The van der Waals surface area contributed by atoms with E-state index in [0.717, 1.165) is 36.6 Å². The normalized spacial score (nSPS) is 13.7. The van der Waals surface area contributed by atoms with Crippen LogP contribution in [0.25, 0.3) is 27.9 Å². The summed E-state index contributed by atoms with van der Waals surface area (Å²) in [6.07, 6.45) is 6.85. The molecule has 1 N–H and O–H groups in total. The molecule has 0 amide bonds. The number of aromatic nitrogens is 3. The number of aryl methyl sites for hydroxylation is 1. The topological polar surface area (TPSA) is 75.7 Å². The van der Waals surface area contributed by atoms with Crippen LogP contribution in [0.1, 0.15) is 6.92 Å². The van der Waals surface area contributed by atoms with Crippen molar-refractivity contribution in [2.75, 3.05) is 24.5 Å². The van der Waals surface area contributed by atoms with E-state index in [4.69, 9.17) is 23.2 Å². The van der Waals surface area contributed by atoms with E-state index in [0.29, 0.717) is 32.4 Å². The van der Waals surface area contributed by atoms with Crippen LogP contribution in [0.3, 0.4) is 0 Å². The van der Waals surface area contributed by atoms with Crippen molar-refractivity contribution in [3.63, 3.8) is 0 Å². The highest BCUT2D eigenvalue weighted by molar-refractivity contribution is 6.33. The van der Waals surface area contributed by atoms with Gasteiger partial charge in [-0.1, -0.05) is 29.3 Å². The van der Waals surface area contributed by atoms with Crippen LogP contribution in [-0.2, 0) is 7.05 Å². The van der Waals surface area contributed by atoms with Gasteiger partial charge in [0.1, 0.15) is 5.75 Å². The molecule has 5 rings (SSSR count). The molecule has 0 saturated heterocycles. The fourth-order valence-corrected chi connectivity index (χ4v) is 4.78. The molecule has 0 unspecified atom stereocenters. The fraction of sp³-hybridized carbons (Fsp3) is 0.192. The molecule has 35 heavy (non-hydrogen) atoms. The molecule has 0 atom stereocenters. The largest absolute Gasteiger partial charge is 0.507 e. The minimum Gasteiger partial charge on any atom is -0.507 e. The Morgan fingerprint density at radius 3 is 2.46 bits per heavy atom. The molecule has 178 valence electrons. The van der Waals surface area contributed by atoms with E-state index in [1.54, 1.807) is 56.0 Å². The zero-order valence-corrected chi connectivity index (χ0v) is 20.8. The molecular formula is C26H23Cl2N5O2. The van der Waals surface area contributed by atoms with Gasteiger partial charge < -0.3 is 14.6 Å². The summed E-state index contributed by atoms with van der Waals surface area (Å²) >= 11 is 13.0. The van der Waals surface area contributed by atoms with Gasteiger partial charge >= 0.3 is 5.69 Å². The van der Waals surface area contributed by atoms with Gasteiger partial charge in [0.25, 0.3) is 0 Å². The van der Waals surface area contributed by atoms with E-state index in [9.17, 15) is 9.90 Å². The minimum atomic E-state index is -0.199. The van der Waals surface area contributed by atoms with Gasteiger partial charge in [-0.15, -0.1) is 0 Å². The summed E-state index contributed by atoms with van der Waals surface area (Å²) < 4.78 is 2.94. The van der Waals surface area contributed by atoms with Crippen LogP contribution in [0, 0.1) is 0 Å². The molecule has 0 saturated carbocycles. The lowest BCUT2D eigenvalue weighted by Crippen LogP contribution is -2.35. The summed E-state index contributed by atoms with van der Waals surface area (Å²) in [6, 6.07) is 10.7. The Morgan fingerprint density at radius 1 is 1.00 bits per heavy atom. The minimum absolute atomic E-state index is 0.0745. The molecule has 2 aromatic heterocycles. The molecule has 7 nitrogen and oxygen atoms in total. The van der Waals surface area contributed by atoms with Gasteiger partial charge in [0.05, 0.1) is 35.7 Å². The molecular weight excluding hydrogens is 485 g/mol. The van der Waals surface area contributed by atoms with Crippen molar-refractivity contribution in [2.45, 2.75) is 6.92 Å². The summed E-state index contributed by atoms with van der Waals surface area (Å²) in [6.45, 7) is 4.31. The number of rotatable bonds is 4. The van der Waals surface area contributed by atoms with Gasteiger partial charge in [-0.25, -0.2) is 4.79 Å². The Labute approximate surface area is 212 Å². The number of nitrogens with zero attached hydrogens (tertiary/aromatic N) is 5. The fourth-order valence-electron chi connectivity index (χ4n) is 4.29. The third-order valence-corrected chi connectivity index (χ3v) is 6.63. The van der Waals surface area contributed by atoms with Gasteiger partial charge in [-0.2, -0.15) is 0 Å². The van der Waals surface area contributed by atoms with E-state index >= 15 is 0 Å². The average Bonchev–Trinajstić information content (AvgIpc) is 3.18. The first-order valence-electron chi connectivity index (χ1n) is 11.1. The van der Waals surface area contributed by atoms with Crippen molar-refractivity contribution in [2.24, 2.45) is 12.0 Å². The summed E-state index contributed by atoms with van der Waals surface area (Å²) in [7, 11) is 1.68. The molecule has 0 radical (unpaired) electrons. The maximum Gasteiger partial charge on any atom is 0.332 e. The number of phenols is 1. The third-order valence-electron chi connectivity index (χ3n) is 6.11.